The molecule has 0 unspecified atom stereocenters. The minimum Gasteiger partial charge on any atom is -0.508 e. The number of nitrogens with two attached hydrogens (primary N) is 1. The fraction of sp³-hybridized carbons (Fsp3) is 0.406. The Morgan fingerprint density at radius 1 is 1.09 bits per heavy atom. The van der Waals surface area contributed by atoms with Crippen LogP contribution in [0, 0.1) is 17.7 Å². The maximum absolute atomic E-state index is 14.1. The van der Waals surface area contributed by atoms with Gasteiger partial charge in [-0.3, -0.25) is 19.3 Å². The molecule has 13 heteroatoms. The first-order valence-corrected chi connectivity index (χ1v) is 14.3. The molecule has 1 amide bonds. The maximum atomic E-state index is 14.1. The second kappa shape index (κ2) is 11.3. The van der Waals surface area contributed by atoms with Crippen molar-refractivity contribution in [3.05, 3.63) is 69.7 Å². The van der Waals surface area contributed by atoms with Gasteiger partial charge in [-0.25, -0.2) is 4.39 Å². The van der Waals surface area contributed by atoms with Crippen molar-refractivity contribution in [3.8, 4) is 16.9 Å². The SMILES string of the molecule is CN(C)[C@@H]1C(=O)C(C(N)=O)=C(O)[C@@]2(O)C(=O)C3=C(O)c4c(O)c(CCCCC(F)(F)F)cc(-c5ccc(F)cc5)c4C[C@H]3C[C@@H]12. The molecule has 4 atom stereocenters. The van der Waals surface area contributed by atoms with Crippen LogP contribution in [0.1, 0.15) is 42.4 Å². The number of hydrogen-bond donors (Lipinski definition) is 5. The number of carbonyl (C=O) groups is 3. The summed E-state index contributed by atoms with van der Waals surface area (Å²) in [7, 11) is 2.99. The molecule has 6 N–H and O–H groups in total. The van der Waals surface area contributed by atoms with Gasteiger partial charge in [-0.2, -0.15) is 13.2 Å². The summed E-state index contributed by atoms with van der Waals surface area (Å²) < 4.78 is 52.1. The predicted molar refractivity (Wildman–Crippen MR) is 153 cm³/mol. The van der Waals surface area contributed by atoms with Gasteiger partial charge >= 0.3 is 6.18 Å². The van der Waals surface area contributed by atoms with Crippen molar-refractivity contribution in [1.82, 2.24) is 4.90 Å². The summed E-state index contributed by atoms with van der Waals surface area (Å²) in [6.07, 6.45) is -5.73. The third-order valence-corrected chi connectivity index (χ3v) is 9.11. The number of unbranched alkanes of at least 4 members (excludes halogenated alkanes) is 1. The van der Waals surface area contributed by atoms with E-state index in [-0.39, 0.29) is 48.8 Å². The van der Waals surface area contributed by atoms with E-state index < -0.39 is 82.2 Å². The Balaban J connectivity index is 1.69. The van der Waals surface area contributed by atoms with Gasteiger partial charge in [0.15, 0.2) is 11.4 Å². The van der Waals surface area contributed by atoms with E-state index in [0.29, 0.717) is 16.7 Å². The highest BCUT2D eigenvalue weighted by molar-refractivity contribution is 6.24. The molecule has 3 aliphatic rings. The van der Waals surface area contributed by atoms with Crippen LogP contribution >= 0.6 is 0 Å². The molecule has 45 heavy (non-hydrogen) atoms. The van der Waals surface area contributed by atoms with Crippen LogP contribution in [0.3, 0.4) is 0 Å². The number of hydrogen-bond acceptors (Lipinski definition) is 8. The Bertz CT molecular complexity index is 1660. The third kappa shape index (κ3) is 5.27. The molecule has 0 aromatic heterocycles. The van der Waals surface area contributed by atoms with E-state index in [0.717, 1.165) is 0 Å². The molecule has 0 aliphatic heterocycles. The first-order valence-electron chi connectivity index (χ1n) is 14.3. The van der Waals surface area contributed by atoms with Crippen LogP contribution in [0.25, 0.3) is 16.9 Å². The third-order valence-electron chi connectivity index (χ3n) is 9.11. The zero-order valence-corrected chi connectivity index (χ0v) is 24.4. The normalized spacial score (nSPS) is 24.9. The molecule has 0 spiro atoms. The zero-order valence-electron chi connectivity index (χ0n) is 24.4. The lowest BCUT2D eigenvalue weighted by Crippen LogP contribution is -2.65. The lowest BCUT2D eigenvalue weighted by Gasteiger charge is -2.50. The van der Waals surface area contributed by atoms with E-state index in [1.807, 2.05) is 0 Å². The number of fused-ring (bicyclic) bond motifs is 3. The van der Waals surface area contributed by atoms with Crippen LogP contribution in [0.2, 0.25) is 0 Å². The minimum atomic E-state index is -4.36. The molecule has 0 bridgehead atoms. The number of rotatable bonds is 7. The Kier molecular flexibility index (Phi) is 8.07. The minimum absolute atomic E-state index is 0.00314. The van der Waals surface area contributed by atoms with Crippen LogP contribution in [0.15, 0.2) is 47.2 Å². The van der Waals surface area contributed by atoms with Crippen LogP contribution < -0.4 is 5.73 Å². The molecule has 1 saturated carbocycles. The topological polar surface area (TPSA) is 161 Å². The van der Waals surface area contributed by atoms with Crippen molar-refractivity contribution in [2.45, 2.75) is 56.3 Å². The summed E-state index contributed by atoms with van der Waals surface area (Å²) in [5, 5.41) is 45.8. The van der Waals surface area contributed by atoms with E-state index in [2.05, 4.69) is 0 Å². The van der Waals surface area contributed by atoms with E-state index in [1.54, 1.807) is 6.07 Å². The number of aryl methyl sites for hydroxylation is 1. The van der Waals surface area contributed by atoms with Crippen LogP contribution in [0.5, 0.6) is 5.75 Å². The number of benzene rings is 2. The Morgan fingerprint density at radius 3 is 2.31 bits per heavy atom. The number of phenolic OH excluding ortho intramolecular Hbond substituents is 1. The summed E-state index contributed by atoms with van der Waals surface area (Å²) in [6, 6.07) is 5.65. The number of halogens is 4. The summed E-state index contributed by atoms with van der Waals surface area (Å²) in [5.41, 5.74) is 2.54. The van der Waals surface area contributed by atoms with Gasteiger partial charge in [0.05, 0.1) is 11.6 Å². The van der Waals surface area contributed by atoms with Gasteiger partial charge in [0.1, 0.15) is 28.7 Å². The summed E-state index contributed by atoms with van der Waals surface area (Å²) in [5.74, 6) is -8.43. The highest BCUT2D eigenvalue weighted by atomic mass is 19.4. The lowest BCUT2D eigenvalue weighted by molar-refractivity contribution is -0.153. The number of likely N-dealkylation sites (N-methyl/N-ethyl adjacent to an activating group) is 1. The van der Waals surface area contributed by atoms with Gasteiger partial charge in [-0.05, 0) is 92.6 Å². The highest BCUT2D eigenvalue weighted by Gasteiger charge is 2.64. The largest absolute Gasteiger partial charge is 0.508 e. The highest BCUT2D eigenvalue weighted by Crippen LogP contribution is 2.54. The quantitative estimate of drug-likeness (QED) is 0.174. The summed E-state index contributed by atoms with van der Waals surface area (Å²) >= 11 is 0. The Morgan fingerprint density at radius 2 is 1.73 bits per heavy atom. The second-order valence-corrected chi connectivity index (χ2v) is 12.1. The van der Waals surface area contributed by atoms with Crippen LogP contribution in [0.4, 0.5) is 17.6 Å². The lowest BCUT2D eigenvalue weighted by atomic mass is 9.57. The number of aliphatic hydroxyl groups is 3. The van der Waals surface area contributed by atoms with E-state index >= 15 is 0 Å². The number of Topliss-reactive ketones (excluding diaryl/α,β-unsaturated/α-hetero) is 2. The average molecular weight is 633 g/mol. The number of ketones is 2. The molecule has 240 valence electrons. The van der Waals surface area contributed by atoms with E-state index in [4.69, 9.17) is 5.73 Å². The number of amides is 1. The maximum Gasteiger partial charge on any atom is 0.389 e. The monoisotopic (exact) mass is 632 g/mol. The van der Waals surface area contributed by atoms with Gasteiger partial charge in [-0.1, -0.05) is 12.1 Å². The predicted octanol–water partition coefficient (Wildman–Crippen LogP) is 4.05. The molecule has 1 fully saturated rings. The molecule has 9 nitrogen and oxygen atoms in total. The number of aliphatic hydroxyl groups excluding tert-OH is 2. The van der Waals surface area contributed by atoms with Gasteiger partial charge in [0.2, 0.25) is 5.78 Å². The number of nitrogens with zero attached hydrogens (tertiary/aromatic N) is 1. The van der Waals surface area contributed by atoms with Crippen molar-refractivity contribution < 1.29 is 52.4 Å². The Labute approximate surface area is 255 Å². The zero-order chi connectivity index (χ0) is 33.2. The van der Waals surface area contributed by atoms with Crippen molar-refractivity contribution in [1.29, 1.82) is 0 Å². The smallest absolute Gasteiger partial charge is 0.389 e. The van der Waals surface area contributed by atoms with Crippen molar-refractivity contribution >= 4 is 23.2 Å². The number of aromatic hydroxyl groups is 1. The molecule has 2 aromatic rings. The van der Waals surface area contributed by atoms with Crippen LogP contribution in [-0.2, 0) is 27.2 Å². The van der Waals surface area contributed by atoms with Crippen molar-refractivity contribution in [3.63, 3.8) is 0 Å². The first-order chi connectivity index (χ1) is 21.0. The van der Waals surface area contributed by atoms with Crippen molar-refractivity contribution in [2.24, 2.45) is 17.6 Å². The van der Waals surface area contributed by atoms with Crippen LogP contribution in [-0.4, -0.2) is 74.7 Å². The molecule has 2 aromatic carbocycles. The molecular formula is C32H32F4N2O7. The van der Waals surface area contributed by atoms with Gasteiger partial charge in [-0.15, -0.1) is 0 Å². The molecular weight excluding hydrogens is 600 g/mol. The number of primary amides is 1. The van der Waals surface area contributed by atoms with E-state index in [9.17, 15) is 52.4 Å². The first kappa shape index (κ1) is 32.2. The fourth-order valence-corrected chi connectivity index (χ4v) is 7.09. The average Bonchev–Trinajstić information content (AvgIpc) is 2.93. The van der Waals surface area contributed by atoms with Gasteiger partial charge in [0, 0.05) is 17.9 Å². The van der Waals surface area contributed by atoms with Gasteiger partial charge < -0.3 is 26.2 Å². The Hall–Kier alpha value is -4.23. The second-order valence-electron chi connectivity index (χ2n) is 12.1. The molecule has 5 rings (SSSR count). The summed E-state index contributed by atoms with van der Waals surface area (Å²) in [4.78, 5) is 41.0. The number of phenols is 1. The molecule has 3 aliphatic carbocycles. The van der Waals surface area contributed by atoms with Crippen molar-refractivity contribution in [2.75, 3.05) is 14.1 Å². The van der Waals surface area contributed by atoms with Gasteiger partial charge in [0.25, 0.3) is 5.91 Å². The number of alkyl halides is 3. The standard InChI is InChI=1S/C32H32F4N2O7/c1-38(2)24-20-13-16-12-19-18(14-6-8-17(33)9-7-14)11-15(5-3-4-10-31(34,35)36)25(39)22(19)26(40)21(16)28(42)32(20,45)29(43)23(27(24)41)30(37)44/h6-9,11,16,20,24,39-40,43,45H,3-5,10,12-13H2,1-2H3,(H2,37,44)/t16-,20-,24-,32-/m0/s1. The molecule has 0 saturated heterocycles. The number of carbonyl (C=O) groups excluding carboxylic acids is 3. The summed E-state index contributed by atoms with van der Waals surface area (Å²) in [6.45, 7) is 0. The van der Waals surface area contributed by atoms with E-state index in [1.165, 1.54) is 43.3 Å². The molecule has 0 radical (unpaired) electrons. The fourth-order valence-electron chi connectivity index (χ4n) is 7.09. The molecule has 0 heterocycles.